The molecule has 0 aliphatic heterocycles. The van der Waals surface area contributed by atoms with Crippen molar-refractivity contribution in [1.29, 1.82) is 5.26 Å². The lowest BCUT2D eigenvalue weighted by Crippen LogP contribution is -2.38. The van der Waals surface area contributed by atoms with Crippen LogP contribution in [0.1, 0.15) is 38.3 Å². The van der Waals surface area contributed by atoms with Gasteiger partial charge in [-0.05, 0) is 38.1 Å². The van der Waals surface area contributed by atoms with Gasteiger partial charge in [0.25, 0.3) is 5.56 Å². The van der Waals surface area contributed by atoms with Crippen LogP contribution in [0.15, 0.2) is 46.5 Å². The van der Waals surface area contributed by atoms with E-state index in [0.29, 0.717) is 39.3 Å². The zero-order valence-electron chi connectivity index (χ0n) is 19.0. The molecule has 0 bridgehead atoms. The highest BCUT2D eigenvalue weighted by Crippen LogP contribution is 2.42. The number of hydrogen-bond acceptors (Lipinski definition) is 5. The monoisotopic (exact) mass is 490 g/mol. The number of amides is 1. The second-order valence-electron chi connectivity index (χ2n) is 8.46. The number of hydrogen-bond donors (Lipinski definition) is 2. The van der Waals surface area contributed by atoms with Crippen molar-refractivity contribution in [3.8, 4) is 11.8 Å². The number of halogens is 3. The summed E-state index contributed by atoms with van der Waals surface area (Å²) >= 11 is 6.33. The Kier molecular flexibility index (Phi) is 7.62. The Morgan fingerprint density at radius 3 is 2.74 bits per heavy atom. The zero-order valence-corrected chi connectivity index (χ0v) is 19.7. The molecular weight excluding hydrogens is 466 g/mol. The lowest BCUT2D eigenvalue weighted by atomic mass is 9.82. The van der Waals surface area contributed by atoms with Crippen molar-refractivity contribution in [2.24, 2.45) is 5.92 Å². The third kappa shape index (κ3) is 5.94. The number of H-pyrrole nitrogens is 1. The van der Waals surface area contributed by atoms with E-state index in [1.165, 1.54) is 13.1 Å². The fraction of sp³-hybridized carbons (Fsp3) is 0.375. The Hall–Kier alpha value is -3.38. The van der Waals surface area contributed by atoms with Crippen molar-refractivity contribution < 1.29 is 18.3 Å². The van der Waals surface area contributed by atoms with E-state index in [0.717, 1.165) is 4.90 Å². The molecule has 1 aromatic heterocycles. The number of alkyl halides is 2. The second kappa shape index (κ2) is 10.3. The average Bonchev–Trinajstić information content (AvgIpc) is 2.76. The first kappa shape index (κ1) is 25.2. The first-order valence-electron chi connectivity index (χ1n) is 10.6. The molecule has 180 valence electrons. The number of nitriles is 1. The fourth-order valence-corrected chi connectivity index (χ4v) is 3.96. The topological polar surface area (TPSA) is 98.2 Å². The van der Waals surface area contributed by atoms with Crippen LogP contribution in [-0.2, 0) is 4.79 Å². The zero-order chi connectivity index (χ0) is 25.0. The quantitative estimate of drug-likeness (QED) is 0.303. The Morgan fingerprint density at radius 2 is 2.12 bits per heavy atom. The van der Waals surface area contributed by atoms with Gasteiger partial charge in [-0.2, -0.15) is 5.26 Å². The Bertz CT molecular complexity index is 1240. The smallest absolute Gasteiger partial charge is 0.253 e. The molecule has 1 aromatic carbocycles. The number of ether oxygens (including phenoxy) is 1. The molecule has 3 rings (SSSR count). The number of carbonyl (C=O) groups is 1. The lowest BCUT2D eigenvalue weighted by molar-refractivity contribution is -0.119. The maximum Gasteiger partial charge on any atom is 0.253 e. The number of allylic oxidation sites excluding steroid dienone is 4. The molecule has 10 heteroatoms. The summed E-state index contributed by atoms with van der Waals surface area (Å²) < 4.78 is 31.7. The number of benzene rings is 1. The summed E-state index contributed by atoms with van der Waals surface area (Å²) in [6.45, 7) is 3.73. The minimum Gasteiger partial charge on any atom is -0.492 e. The van der Waals surface area contributed by atoms with Crippen molar-refractivity contribution in [3.05, 3.63) is 62.7 Å². The molecule has 1 saturated carbocycles. The normalized spacial score (nSPS) is 17.0. The van der Waals surface area contributed by atoms with Gasteiger partial charge in [0, 0.05) is 48.5 Å². The van der Waals surface area contributed by atoms with Crippen molar-refractivity contribution in [3.63, 3.8) is 0 Å². The summed E-state index contributed by atoms with van der Waals surface area (Å²) in [5, 5.41) is 13.3. The lowest BCUT2D eigenvalue weighted by Gasteiger charge is -2.34. The predicted octanol–water partition coefficient (Wildman–Crippen LogP) is 4.66. The van der Waals surface area contributed by atoms with Gasteiger partial charge in [-0.25, -0.2) is 8.78 Å². The van der Waals surface area contributed by atoms with Crippen molar-refractivity contribution in [2.45, 2.75) is 38.7 Å². The van der Waals surface area contributed by atoms with Crippen LogP contribution >= 0.6 is 11.6 Å². The highest BCUT2D eigenvalue weighted by Gasteiger charge is 2.45. The maximum absolute atomic E-state index is 13.0. The summed E-state index contributed by atoms with van der Waals surface area (Å²) in [6.07, 6.45) is 3.29. The number of nitrogens with zero attached hydrogens (tertiary/aromatic N) is 2. The molecule has 1 aliphatic rings. The number of carbonyl (C=O) groups excluding carboxylic acids is 1. The molecule has 0 saturated heterocycles. The molecule has 1 unspecified atom stereocenters. The first-order valence-corrected chi connectivity index (χ1v) is 11.0. The van der Waals surface area contributed by atoms with Crippen molar-refractivity contribution >= 4 is 28.9 Å². The SMILES string of the molecule is C/C(=C\C=C(\C#N)N(C)C=O)NC(C)c1cc2cc(Cl)c(OCC3CC(F)(F)C3)cc2[nH]c1=O. The molecule has 0 radical (unpaired) electrons. The van der Waals surface area contributed by atoms with Gasteiger partial charge in [0.15, 0.2) is 0 Å². The largest absolute Gasteiger partial charge is 0.492 e. The third-order valence-electron chi connectivity index (χ3n) is 5.63. The Balaban J connectivity index is 1.75. The molecule has 7 nitrogen and oxygen atoms in total. The van der Waals surface area contributed by atoms with E-state index in [4.69, 9.17) is 21.6 Å². The first-order chi connectivity index (χ1) is 16.0. The molecular formula is C24H25ClF2N4O3. The van der Waals surface area contributed by atoms with E-state index in [9.17, 15) is 18.4 Å². The van der Waals surface area contributed by atoms with Crippen LogP contribution in [0.25, 0.3) is 10.9 Å². The van der Waals surface area contributed by atoms with Gasteiger partial charge in [0.1, 0.15) is 17.5 Å². The summed E-state index contributed by atoms with van der Waals surface area (Å²) in [4.78, 5) is 27.5. The standard InChI is InChI=1S/C24H25ClF2N4O3/c1-14(4-5-18(11-28)31(3)13-32)29-15(2)19-6-17-7-20(25)22(8-21(17)30-23(19)33)34-12-16-9-24(26,27)10-16/h4-8,13,15-16,29H,9-10,12H2,1-3H3,(H,30,33)/b14-4+,18-5-. The second-order valence-corrected chi connectivity index (χ2v) is 8.87. The molecule has 1 aliphatic carbocycles. The molecule has 1 atom stereocenters. The van der Waals surface area contributed by atoms with Crippen LogP contribution in [0.4, 0.5) is 8.78 Å². The van der Waals surface area contributed by atoms with Crippen molar-refractivity contribution in [1.82, 2.24) is 15.2 Å². The summed E-state index contributed by atoms with van der Waals surface area (Å²) in [5.74, 6) is -2.50. The van der Waals surface area contributed by atoms with Gasteiger partial charge in [-0.1, -0.05) is 11.6 Å². The van der Waals surface area contributed by atoms with E-state index < -0.39 is 5.92 Å². The van der Waals surface area contributed by atoms with Crippen LogP contribution in [0.5, 0.6) is 5.75 Å². The average molecular weight is 491 g/mol. The van der Waals surface area contributed by atoms with Gasteiger partial charge in [-0.3, -0.25) is 9.59 Å². The van der Waals surface area contributed by atoms with Crippen LogP contribution < -0.4 is 15.6 Å². The molecule has 34 heavy (non-hydrogen) atoms. The fourth-order valence-electron chi connectivity index (χ4n) is 3.73. The summed E-state index contributed by atoms with van der Waals surface area (Å²) in [6, 6.07) is 6.54. The van der Waals surface area contributed by atoms with Crippen LogP contribution in [-0.4, -0.2) is 35.9 Å². The van der Waals surface area contributed by atoms with Crippen LogP contribution in [0.2, 0.25) is 5.02 Å². The summed E-state index contributed by atoms with van der Waals surface area (Å²) in [5.41, 5.74) is 1.54. The number of pyridine rings is 1. The third-order valence-corrected chi connectivity index (χ3v) is 5.92. The van der Waals surface area contributed by atoms with Gasteiger partial charge in [-0.15, -0.1) is 0 Å². The molecule has 1 fully saturated rings. The van der Waals surface area contributed by atoms with Gasteiger partial charge in [0.05, 0.1) is 23.2 Å². The molecule has 2 N–H and O–H groups in total. The van der Waals surface area contributed by atoms with E-state index in [2.05, 4.69) is 10.3 Å². The van der Waals surface area contributed by atoms with Gasteiger partial charge in [0.2, 0.25) is 12.3 Å². The highest BCUT2D eigenvalue weighted by atomic mass is 35.5. The van der Waals surface area contributed by atoms with Gasteiger partial charge >= 0.3 is 0 Å². The predicted molar refractivity (Wildman–Crippen MR) is 126 cm³/mol. The number of fused-ring (bicyclic) bond motifs is 1. The maximum atomic E-state index is 13.0. The number of aromatic amines is 1. The summed E-state index contributed by atoms with van der Waals surface area (Å²) in [7, 11) is 1.48. The molecule has 1 heterocycles. The highest BCUT2D eigenvalue weighted by molar-refractivity contribution is 6.32. The Labute approximate surface area is 200 Å². The van der Waals surface area contributed by atoms with E-state index in [1.807, 2.05) is 13.0 Å². The molecule has 2 aromatic rings. The Morgan fingerprint density at radius 1 is 1.41 bits per heavy atom. The number of rotatable bonds is 9. The van der Waals surface area contributed by atoms with Crippen LogP contribution in [0, 0.1) is 17.2 Å². The van der Waals surface area contributed by atoms with E-state index in [1.54, 1.807) is 31.2 Å². The minimum atomic E-state index is -2.61. The molecule has 1 amide bonds. The minimum absolute atomic E-state index is 0.139. The number of nitrogens with one attached hydrogen (secondary N) is 2. The van der Waals surface area contributed by atoms with E-state index in [-0.39, 0.29) is 42.7 Å². The van der Waals surface area contributed by atoms with Crippen LogP contribution in [0.3, 0.4) is 0 Å². The van der Waals surface area contributed by atoms with Crippen molar-refractivity contribution in [2.75, 3.05) is 13.7 Å². The number of aromatic nitrogens is 1. The molecule has 0 spiro atoms. The van der Waals surface area contributed by atoms with E-state index >= 15 is 0 Å². The van der Waals surface area contributed by atoms with Gasteiger partial charge < -0.3 is 19.9 Å².